The molecule has 1 unspecified atom stereocenters. The van der Waals surface area contributed by atoms with Crippen molar-refractivity contribution in [2.75, 3.05) is 17.2 Å². The molecular weight excluding hydrogens is 224 g/mol. The van der Waals surface area contributed by atoms with Gasteiger partial charge in [-0.3, -0.25) is 0 Å². The van der Waals surface area contributed by atoms with Gasteiger partial charge in [-0.25, -0.2) is 9.97 Å². The first kappa shape index (κ1) is 13.1. The Labute approximate surface area is 110 Å². The third kappa shape index (κ3) is 4.17. The summed E-state index contributed by atoms with van der Waals surface area (Å²) in [6.45, 7) is 5.34. The average Bonchev–Trinajstić information content (AvgIpc) is 3.20. The molecule has 0 aliphatic heterocycles. The van der Waals surface area contributed by atoms with Crippen molar-refractivity contribution >= 4 is 11.6 Å². The van der Waals surface area contributed by atoms with E-state index in [-0.39, 0.29) is 0 Å². The molecule has 0 spiro atoms. The van der Waals surface area contributed by atoms with Gasteiger partial charge in [0.15, 0.2) is 0 Å². The minimum Gasteiger partial charge on any atom is -0.370 e. The monoisotopic (exact) mass is 248 g/mol. The minimum atomic E-state index is 0.548. The molecule has 1 fully saturated rings. The molecule has 2 N–H and O–H groups in total. The number of anilines is 2. The highest BCUT2D eigenvalue weighted by molar-refractivity contribution is 5.46. The van der Waals surface area contributed by atoms with Gasteiger partial charge in [-0.05, 0) is 25.2 Å². The van der Waals surface area contributed by atoms with Crippen LogP contribution in [0.5, 0.6) is 0 Å². The second kappa shape index (κ2) is 6.57. The van der Waals surface area contributed by atoms with Gasteiger partial charge >= 0.3 is 0 Å². The Morgan fingerprint density at radius 1 is 1.28 bits per heavy atom. The quantitative estimate of drug-likeness (QED) is 0.741. The molecule has 0 amide bonds. The van der Waals surface area contributed by atoms with Crippen LogP contribution in [0.25, 0.3) is 0 Å². The maximum absolute atomic E-state index is 4.30. The van der Waals surface area contributed by atoms with Crippen LogP contribution in [0.1, 0.15) is 46.0 Å². The summed E-state index contributed by atoms with van der Waals surface area (Å²) in [5.41, 5.74) is 0. The molecule has 0 saturated heterocycles. The fourth-order valence-electron chi connectivity index (χ4n) is 2.08. The van der Waals surface area contributed by atoms with E-state index in [1.54, 1.807) is 6.33 Å². The van der Waals surface area contributed by atoms with Crippen molar-refractivity contribution < 1.29 is 0 Å². The second-order valence-corrected chi connectivity index (χ2v) is 5.14. The molecular formula is C14H24N4. The van der Waals surface area contributed by atoms with E-state index in [2.05, 4.69) is 34.4 Å². The summed E-state index contributed by atoms with van der Waals surface area (Å²) >= 11 is 0. The van der Waals surface area contributed by atoms with E-state index in [1.807, 2.05) is 6.07 Å². The SMILES string of the molecule is CCCNc1cc(NC(CC)CC2CC2)ncn1. The van der Waals surface area contributed by atoms with Crippen LogP contribution in [0, 0.1) is 5.92 Å². The van der Waals surface area contributed by atoms with Gasteiger partial charge < -0.3 is 10.6 Å². The van der Waals surface area contributed by atoms with E-state index in [0.717, 1.165) is 36.9 Å². The number of hydrogen-bond donors (Lipinski definition) is 2. The highest BCUT2D eigenvalue weighted by atomic mass is 15.1. The number of rotatable bonds is 8. The van der Waals surface area contributed by atoms with Gasteiger partial charge in [-0.1, -0.05) is 26.7 Å². The maximum Gasteiger partial charge on any atom is 0.131 e. The summed E-state index contributed by atoms with van der Waals surface area (Å²) in [5.74, 6) is 2.80. The normalized spacial score (nSPS) is 16.3. The zero-order valence-corrected chi connectivity index (χ0v) is 11.4. The lowest BCUT2D eigenvalue weighted by Gasteiger charge is -2.17. The number of nitrogens with one attached hydrogen (secondary N) is 2. The molecule has 1 heterocycles. The summed E-state index contributed by atoms with van der Waals surface area (Å²) in [7, 11) is 0. The van der Waals surface area contributed by atoms with Crippen molar-refractivity contribution in [3.63, 3.8) is 0 Å². The van der Waals surface area contributed by atoms with Gasteiger partial charge in [0.05, 0.1) is 0 Å². The van der Waals surface area contributed by atoms with Crippen LogP contribution in [0.2, 0.25) is 0 Å². The van der Waals surface area contributed by atoms with Gasteiger partial charge in [0, 0.05) is 18.7 Å². The van der Waals surface area contributed by atoms with Gasteiger partial charge in [0.1, 0.15) is 18.0 Å². The van der Waals surface area contributed by atoms with Crippen LogP contribution in [0.15, 0.2) is 12.4 Å². The van der Waals surface area contributed by atoms with E-state index in [1.165, 1.54) is 19.3 Å². The lowest BCUT2D eigenvalue weighted by molar-refractivity contribution is 0.585. The molecule has 18 heavy (non-hydrogen) atoms. The Morgan fingerprint density at radius 3 is 2.72 bits per heavy atom. The third-order valence-corrected chi connectivity index (χ3v) is 3.38. The van der Waals surface area contributed by atoms with Crippen LogP contribution in [0.3, 0.4) is 0 Å². The van der Waals surface area contributed by atoms with Gasteiger partial charge in [-0.15, -0.1) is 0 Å². The molecule has 0 bridgehead atoms. The Hall–Kier alpha value is -1.32. The minimum absolute atomic E-state index is 0.548. The molecule has 1 aromatic rings. The van der Waals surface area contributed by atoms with E-state index in [9.17, 15) is 0 Å². The summed E-state index contributed by atoms with van der Waals surface area (Å²) in [6.07, 6.45) is 7.98. The van der Waals surface area contributed by atoms with Crippen molar-refractivity contribution in [1.29, 1.82) is 0 Å². The number of nitrogens with zero attached hydrogens (tertiary/aromatic N) is 2. The van der Waals surface area contributed by atoms with Gasteiger partial charge in [-0.2, -0.15) is 0 Å². The third-order valence-electron chi connectivity index (χ3n) is 3.38. The predicted octanol–water partition coefficient (Wildman–Crippen LogP) is 3.29. The van der Waals surface area contributed by atoms with E-state index in [4.69, 9.17) is 0 Å². The average molecular weight is 248 g/mol. The molecule has 2 rings (SSSR count). The van der Waals surface area contributed by atoms with Crippen LogP contribution >= 0.6 is 0 Å². The summed E-state index contributed by atoms with van der Waals surface area (Å²) < 4.78 is 0. The Bertz CT molecular complexity index is 363. The maximum atomic E-state index is 4.30. The van der Waals surface area contributed by atoms with Crippen molar-refractivity contribution in [1.82, 2.24) is 9.97 Å². The summed E-state index contributed by atoms with van der Waals surface area (Å²) in [5, 5.41) is 6.81. The molecule has 0 radical (unpaired) electrons. The van der Waals surface area contributed by atoms with E-state index in [0.29, 0.717) is 6.04 Å². The molecule has 100 valence electrons. The van der Waals surface area contributed by atoms with Crippen LogP contribution < -0.4 is 10.6 Å². The molecule has 4 heteroatoms. The zero-order valence-electron chi connectivity index (χ0n) is 11.4. The molecule has 1 atom stereocenters. The zero-order chi connectivity index (χ0) is 12.8. The smallest absolute Gasteiger partial charge is 0.131 e. The fourth-order valence-corrected chi connectivity index (χ4v) is 2.08. The fraction of sp³-hybridized carbons (Fsp3) is 0.714. The first-order valence-corrected chi connectivity index (χ1v) is 7.14. The number of aromatic nitrogens is 2. The highest BCUT2D eigenvalue weighted by Gasteiger charge is 2.24. The van der Waals surface area contributed by atoms with Gasteiger partial charge in [0.2, 0.25) is 0 Å². The summed E-state index contributed by atoms with van der Waals surface area (Å²) in [6, 6.07) is 2.55. The topological polar surface area (TPSA) is 49.8 Å². The van der Waals surface area contributed by atoms with E-state index >= 15 is 0 Å². The molecule has 1 aliphatic carbocycles. The molecule has 4 nitrogen and oxygen atoms in total. The first-order chi connectivity index (χ1) is 8.81. The highest BCUT2D eigenvalue weighted by Crippen LogP contribution is 2.34. The van der Waals surface area contributed by atoms with Crippen molar-refractivity contribution in [3.8, 4) is 0 Å². The predicted molar refractivity (Wildman–Crippen MR) is 75.9 cm³/mol. The van der Waals surface area contributed by atoms with Crippen molar-refractivity contribution in [2.24, 2.45) is 5.92 Å². The number of hydrogen-bond acceptors (Lipinski definition) is 4. The Morgan fingerprint density at radius 2 is 2.06 bits per heavy atom. The second-order valence-electron chi connectivity index (χ2n) is 5.14. The molecule has 1 saturated carbocycles. The first-order valence-electron chi connectivity index (χ1n) is 7.14. The van der Waals surface area contributed by atoms with E-state index < -0.39 is 0 Å². The lowest BCUT2D eigenvalue weighted by Crippen LogP contribution is -2.20. The van der Waals surface area contributed by atoms with Crippen LogP contribution in [0.4, 0.5) is 11.6 Å². The van der Waals surface area contributed by atoms with Crippen LogP contribution in [-0.2, 0) is 0 Å². The standard InChI is InChI=1S/C14H24N4/c1-3-7-15-13-9-14(17-10-16-13)18-12(4-2)8-11-5-6-11/h9-12H,3-8H2,1-2H3,(H2,15,16,17,18). The van der Waals surface area contributed by atoms with Gasteiger partial charge in [0.25, 0.3) is 0 Å². The van der Waals surface area contributed by atoms with Crippen molar-refractivity contribution in [2.45, 2.75) is 52.0 Å². The Balaban J connectivity index is 1.89. The van der Waals surface area contributed by atoms with Crippen molar-refractivity contribution in [3.05, 3.63) is 12.4 Å². The largest absolute Gasteiger partial charge is 0.370 e. The molecule has 1 aliphatic rings. The lowest BCUT2D eigenvalue weighted by atomic mass is 10.1. The summed E-state index contributed by atoms with van der Waals surface area (Å²) in [4.78, 5) is 8.52. The Kier molecular flexibility index (Phi) is 4.79. The van der Waals surface area contributed by atoms with Crippen LogP contribution in [-0.4, -0.2) is 22.6 Å². The molecule has 1 aromatic heterocycles. The molecule has 0 aromatic carbocycles.